The van der Waals surface area contributed by atoms with Gasteiger partial charge < -0.3 is 10.1 Å². The van der Waals surface area contributed by atoms with Crippen LogP contribution in [0.2, 0.25) is 0 Å². The van der Waals surface area contributed by atoms with Crippen molar-refractivity contribution in [2.45, 2.75) is 24.6 Å². The smallest absolute Gasteiger partial charge is 0.416 e. The minimum absolute atomic E-state index is 0. The molecule has 1 aromatic carbocycles. The summed E-state index contributed by atoms with van der Waals surface area (Å²) >= 11 is 0. The summed E-state index contributed by atoms with van der Waals surface area (Å²) in [4.78, 5) is 0.747. The maximum absolute atomic E-state index is 13.7. The lowest BCUT2D eigenvalue weighted by molar-refractivity contribution is -0.191. The third kappa shape index (κ3) is 5.35. The maximum atomic E-state index is 13.7. The standard InChI is InChI=1S/C15H15F9N2O.ClH/c1-27-10-7-8(13(16,17)18)6-9(14(19,20)21)11(10)12(15(22,23)24)26-4-2-25-3-5-26;/h6-7,12,25H,2-5H2,1H3;1H/t12-;/m0./s1. The number of alkyl halides is 9. The Bertz CT molecular complexity index is 667. The molecule has 0 radical (unpaired) electrons. The fourth-order valence-electron chi connectivity index (χ4n) is 2.97. The molecule has 0 aromatic heterocycles. The van der Waals surface area contributed by atoms with Crippen molar-refractivity contribution in [1.82, 2.24) is 10.2 Å². The van der Waals surface area contributed by atoms with Crippen molar-refractivity contribution in [2.75, 3.05) is 33.3 Å². The fraction of sp³-hybridized carbons (Fsp3) is 0.600. The van der Waals surface area contributed by atoms with Gasteiger partial charge in [-0.3, -0.25) is 4.90 Å². The van der Waals surface area contributed by atoms with Crippen LogP contribution < -0.4 is 10.1 Å². The summed E-state index contributed by atoms with van der Waals surface area (Å²) < 4.78 is 125. The highest BCUT2D eigenvalue weighted by molar-refractivity contribution is 5.85. The average Bonchev–Trinajstić information content (AvgIpc) is 2.52. The molecule has 1 saturated heterocycles. The van der Waals surface area contributed by atoms with Crippen LogP contribution in [-0.4, -0.2) is 44.4 Å². The van der Waals surface area contributed by atoms with Crippen LogP contribution in [0.3, 0.4) is 0 Å². The molecule has 1 fully saturated rings. The van der Waals surface area contributed by atoms with Gasteiger partial charge in [-0.1, -0.05) is 0 Å². The summed E-state index contributed by atoms with van der Waals surface area (Å²) in [5.41, 5.74) is -5.13. The first-order valence-electron chi connectivity index (χ1n) is 7.64. The van der Waals surface area contributed by atoms with E-state index in [1.807, 2.05) is 0 Å². The molecule has 13 heteroatoms. The van der Waals surface area contributed by atoms with E-state index >= 15 is 0 Å². The van der Waals surface area contributed by atoms with Gasteiger partial charge in [0.15, 0.2) is 0 Å². The second-order valence-corrected chi connectivity index (χ2v) is 5.87. The molecular formula is C15H16ClF9N2O. The predicted molar refractivity (Wildman–Crippen MR) is 83.5 cm³/mol. The van der Waals surface area contributed by atoms with Crippen LogP contribution in [0.1, 0.15) is 22.7 Å². The van der Waals surface area contributed by atoms with E-state index in [0.29, 0.717) is 0 Å². The Kier molecular flexibility index (Phi) is 7.51. The summed E-state index contributed by atoms with van der Waals surface area (Å²) in [6.45, 7) is -0.273. The van der Waals surface area contributed by atoms with Crippen LogP contribution in [0.5, 0.6) is 5.75 Å². The molecule has 1 aliphatic rings. The van der Waals surface area contributed by atoms with E-state index in [4.69, 9.17) is 0 Å². The number of hydrogen-bond acceptors (Lipinski definition) is 3. The number of nitrogens with one attached hydrogen (secondary N) is 1. The minimum atomic E-state index is -5.44. The van der Waals surface area contributed by atoms with Crippen molar-refractivity contribution >= 4 is 12.4 Å². The maximum Gasteiger partial charge on any atom is 0.416 e. The van der Waals surface area contributed by atoms with Gasteiger partial charge >= 0.3 is 18.5 Å². The number of piperazine rings is 1. The molecule has 1 aromatic rings. The first kappa shape index (κ1) is 24.6. The van der Waals surface area contributed by atoms with Gasteiger partial charge in [-0.2, -0.15) is 39.5 Å². The van der Waals surface area contributed by atoms with E-state index in [2.05, 4.69) is 10.1 Å². The third-order valence-electron chi connectivity index (χ3n) is 4.09. The topological polar surface area (TPSA) is 24.5 Å². The largest absolute Gasteiger partial charge is 0.496 e. The Hall–Kier alpha value is -1.40. The third-order valence-corrected chi connectivity index (χ3v) is 4.09. The molecule has 0 bridgehead atoms. The first-order valence-corrected chi connectivity index (χ1v) is 7.64. The summed E-state index contributed by atoms with van der Waals surface area (Å²) in [5.74, 6) is -1.11. The zero-order valence-corrected chi connectivity index (χ0v) is 15.0. The van der Waals surface area contributed by atoms with E-state index < -0.39 is 47.0 Å². The van der Waals surface area contributed by atoms with Crippen LogP contribution in [0, 0.1) is 0 Å². The Balaban J connectivity index is 0.00000392. The normalized spacial score (nSPS) is 17.8. The quantitative estimate of drug-likeness (QED) is 0.683. The fourth-order valence-corrected chi connectivity index (χ4v) is 2.97. The van der Waals surface area contributed by atoms with Gasteiger partial charge in [0, 0.05) is 31.7 Å². The zero-order valence-electron chi connectivity index (χ0n) is 14.2. The monoisotopic (exact) mass is 446 g/mol. The number of benzene rings is 1. The molecule has 0 amide bonds. The van der Waals surface area contributed by atoms with Crippen molar-refractivity contribution in [3.05, 3.63) is 28.8 Å². The average molecular weight is 447 g/mol. The van der Waals surface area contributed by atoms with Crippen LogP contribution in [0.4, 0.5) is 39.5 Å². The number of ether oxygens (including phenoxy) is 1. The highest BCUT2D eigenvalue weighted by Gasteiger charge is 2.51. The van der Waals surface area contributed by atoms with Gasteiger partial charge in [0.2, 0.25) is 0 Å². The molecule has 0 unspecified atom stereocenters. The Labute approximate surface area is 160 Å². The van der Waals surface area contributed by atoms with Gasteiger partial charge in [0.25, 0.3) is 0 Å². The van der Waals surface area contributed by atoms with Crippen molar-refractivity contribution in [3.63, 3.8) is 0 Å². The van der Waals surface area contributed by atoms with Crippen molar-refractivity contribution in [2.24, 2.45) is 0 Å². The van der Waals surface area contributed by atoms with Gasteiger partial charge in [0.1, 0.15) is 11.8 Å². The Morgan fingerprint density at radius 3 is 1.86 bits per heavy atom. The Morgan fingerprint density at radius 2 is 1.46 bits per heavy atom. The molecule has 0 saturated carbocycles. The minimum Gasteiger partial charge on any atom is -0.496 e. The highest BCUT2D eigenvalue weighted by atomic mass is 35.5. The van der Waals surface area contributed by atoms with E-state index in [1.54, 1.807) is 0 Å². The molecule has 162 valence electrons. The van der Waals surface area contributed by atoms with Gasteiger partial charge in [-0.05, 0) is 12.1 Å². The molecule has 1 atom stereocenters. The SMILES string of the molecule is COc1cc(C(F)(F)F)cc(C(F)(F)F)c1[C@H](N1CCNCC1)C(F)(F)F.Cl. The lowest BCUT2D eigenvalue weighted by Crippen LogP contribution is -2.49. The van der Waals surface area contributed by atoms with Gasteiger partial charge in [0.05, 0.1) is 18.2 Å². The molecule has 1 aliphatic heterocycles. The van der Waals surface area contributed by atoms with Gasteiger partial charge in [-0.15, -0.1) is 12.4 Å². The van der Waals surface area contributed by atoms with Gasteiger partial charge in [-0.25, -0.2) is 0 Å². The van der Waals surface area contributed by atoms with E-state index in [1.165, 1.54) is 0 Å². The van der Waals surface area contributed by atoms with E-state index in [0.717, 1.165) is 12.0 Å². The number of hydrogen-bond donors (Lipinski definition) is 1. The van der Waals surface area contributed by atoms with Crippen LogP contribution in [0.15, 0.2) is 12.1 Å². The van der Waals surface area contributed by atoms with E-state index in [-0.39, 0.29) is 50.7 Å². The predicted octanol–water partition coefficient (Wildman–Crippen LogP) is 4.66. The lowest BCUT2D eigenvalue weighted by Gasteiger charge is -2.37. The summed E-state index contributed by atoms with van der Waals surface area (Å²) in [6.07, 6.45) is -15.8. The molecule has 28 heavy (non-hydrogen) atoms. The summed E-state index contributed by atoms with van der Waals surface area (Å²) in [5, 5.41) is 2.76. The lowest BCUT2D eigenvalue weighted by atomic mass is 9.93. The molecular weight excluding hydrogens is 431 g/mol. The second-order valence-electron chi connectivity index (χ2n) is 5.87. The number of halogens is 10. The molecule has 3 nitrogen and oxygen atoms in total. The highest BCUT2D eigenvalue weighted by Crippen LogP contribution is 2.49. The van der Waals surface area contributed by atoms with Crippen LogP contribution in [-0.2, 0) is 12.4 Å². The van der Waals surface area contributed by atoms with Crippen molar-refractivity contribution < 1.29 is 44.3 Å². The Morgan fingerprint density at radius 1 is 0.929 bits per heavy atom. The van der Waals surface area contributed by atoms with Crippen molar-refractivity contribution in [1.29, 1.82) is 0 Å². The summed E-state index contributed by atoms with van der Waals surface area (Å²) in [7, 11) is 0.727. The number of rotatable bonds is 3. The number of nitrogens with zero attached hydrogens (tertiary/aromatic N) is 1. The summed E-state index contributed by atoms with van der Waals surface area (Å²) in [6, 6.07) is -2.90. The van der Waals surface area contributed by atoms with E-state index in [9.17, 15) is 39.5 Å². The molecule has 2 rings (SSSR count). The first-order chi connectivity index (χ1) is 12.3. The molecule has 0 spiro atoms. The zero-order chi connectivity index (χ0) is 20.6. The molecule has 1 N–H and O–H groups in total. The van der Waals surface area contributed by atoms with Crippen LogP contribution in [0.25, 0.3) is 0 Å². The molecule has 0 aliphatic carbocycles. The molecule has 1 heterocycles. The number of methoxy groups -OCH3 is 1. The van der Waals surface area contributed by atoms with Crippen LogP contribution >= 0.6 is 12.4 Å². The van der Waals surface area contributed by atoms with Crippen molar-refractivity contribution in [3.8, 4) is 5.75 Å². The second kappa shape index (κ2) is 8.54.